The standard InChI is InChI=1S/C25H28N2O2S/c1-3-19-11-13-21(14-12-19)25(23-10-7-15-30-23)26-17-24(29)27-22(18(2)28)16-20-8-5-4-6-9-20/h4-15,22,25-26H,3,16-17H2,1-2H3,(H,27,29)/t22-,25-/m1/s1. The Bertz CT molecular complexity index is 937. The van der Waals surface area contributed by atoms with Crippen LogP contribution in [0.4, 0.5) is 0 Å². The summed E-state index contributed by atoms with van der Waals surface area (Å²) in [5.41, 5.74) is 3.43. The van der Waals surface area contributed by atoms with Crippen LogP contribution in [0.15, 0.2) is 72.1 Å². The quantitative estimate of drug-likeness (QED) is 0.514. The molecule has 1 aromatic heterocycles. The number of aryl methyl sites for hydroxylation is 1. The number of amides is 1. The summed E-state index contributed by atoms with van der Waals surface area (Å²) >= 11 is 1.66. The third kappa shape index (κ3) is 6.12. The molecule has 0 aliphatic carbocycles. The Hall–Kier alpha value is -2.76. The number of Topliss-reactive ketones (excluding diaryl/α,β-unsaturated/α-hetero) is 1. The van der Waals surface area contributed by atoms with Crippen molar-refractivity contribution in [2.24, 2.45) is 0 Å². The molecule has 0 aliphatic heterocycles. The summed E-state index contributed by atoms with van der Waals surface area (Å²) in [4.78, 5) is 25.8. The van der Waals surface area contributed by atoms with Crippen LogP contribution in [-0.2, 0) is 22.4 Å². The van der Waals surface area contributed by atoms with Gasteiger partial charge in [0.1, 0.15) is 0 Å². The van der Waals surface area contributed by atoms with E-state index in [-0.39, 0.29) is 24.3 Å². The molecule has 0 spiro atoms. The molecule has 156 valence electrons. The van der Waals surface area contributed by atoms with Crippen LogP contribution in [-0.4, -0.2) is 24.3 Å². The lowest BCUT2D eigenvalue weighted by Crippen LogP contribution is -2.45. The molecule has 3 aromatic rings. The van der Waals surface area contributed by atoms with Gasteiger partial charge in [-0.05, 0) is 47.9 Å². The van der Waals surface area contributed by atoms with Crippen LogP contribution in [0.25, 0.3) is 0 Å². The van der Waals surface area contributed by atoms with Crippen molar-refractivity contribution in [3.05, 3.63) is 93.7 Å². The van der Waals surface area contributed by atoms with Gasteiger partial charge in [-0.3, -0.25) is 14.9 Å². The first-order valence-electron chi connectivity index (χ1n) is 10.3. The van der Waals surface area contributed by atoms with Crippen LogP contribution in [0.2, 0.25) is 0 Å². The Morgan fingerprint density at radius 1 is 0.933 bits per heavy atom. The largest absolute Gasteiger partial charge is 0.345 e. The molecule has 0 radical (unpaired) electrons. The van der Waals surface area contributed by atoms with Gasteiger partial charge in [0.2, 0.25) is 5.91 Å². The van der Waals surface area contributed by atoms with Gasteiger partial charge in [-0.1, -0.05) is 67.6 Å². The van der Waals surface area contributed by atoms with Crippen LogP contribution >= 0.6 is 11.3 Å². The molecule has 2 atom stereocenters. The van der Waals surface area contributed by atoms with Gasteiger partial charge in [-0.25, -0.2) is 0 Å². The Kier molecular flexibility index (Phi) is 7.94. The molecular formula is C25H28N2O2S. The molecule has 2 N–H and O–H groups in total. The summed E-state index contributed by atoms with van der Waals surface area (Å²) in [5.74, 6) is -0.227. The second kappa shape index (κ2) is 10.9. The fourth-order valence-corrected chi connectivity index (χ4v) is 4.20. The monoisotopic (exact) mass is 420 g/mol. The summed E-state index contributed by atoms with van der Waals surface area (Å²) in [5, 5.41) is 8.30. The lowest BCUT2D eigenvalue weighted by Gasteiger charge is -2.20. The van der Waals surface area contributed by atoms with Crippen molar-refractivity contribution < 1.29 is 9.59 Å². The highest BCUT2D eigenvalue weighted by atomic mass is 32.1. The molecule has 0 aliphatic rings. The second-order valence-corrected chi connectivity index (χ2v) is 8.32. The van der Waals surface area contributed by atoms with Gasteiger partial charge in [0.05, 0.1) is 18.6 Å². The topological polar surface area (TPSA) is 58.2 Å². The van der Waals surface area contributed by atoms with E-state index in [0.29, 0.717) is 6.42 Å². The maximum Gasteiger partial charge on any atom is 0.234 e. The number of carbonyl (C=O) groups is 2. The van der Waals surface area contributed by atoms with Crippen LogP contribution in [0.1, 0.15) is 41.5 Å². The van der Waals surface area contributed by atoms with Crippen LogP contribution in [0.5, 0.6) is 0 Å². The zero-order valence-electron chi connectivity index (χ0n) is 17.4. The predicted molar refractivity (Wildman–Crippen MR) is 123 cm³/mol. The average molecular weight is 421 g/mol. The highest BCUT2D eigenvalue weighted by Gasteiger charge is 2.20. The predicted octanol–water partition coefficient (Wildman–Crippen LogP) is 4.31. The first-order chi connectivity index (χ1) is 14.6. The van der Waals surface area contributed by atoms with E-state index in [4.69, 9.17) is 0 Å². The molecule has 0 saturated carbocycles. The number of ketones is 1. The molecule has 1 heterocycles. The van der Waals surface area contributed by atoms with Crippen molar-refractivity contribution in [3.63, 3.8) is 0 Å². The van der Waals surface area contributed by atoms with Gasteiger partial charge >= 0.3 is 0 Å². The third-order valence-electron chi connectivity index (χ3n) is 5.12. The van der Waals surface area contributed by atoms with Gasteiger partial charge in [0.25, 0.3) is 0 Å². The smallest absolute Gasteiger partial charge is 0.234 e. The molecular weight excluding hydrogens is 392 g/mol. The normalized spacial score (nSPS) is 12.9. The first kappa shape index (κ1) is 21.9. The molecule has 0 bridgehead atoms. The van der Waals surface area contributed by atoms with E-state index < -0.39 is 6.04 Å². The first-order valence-corrected chi connectivity index (χ1v) is 11.1. The Balaban J connectivity index is 1.65. The lowest BCUT2D eigenvalue weighted by molar-refractivity contribution is -0.126. The Morgan fingerprint density at radius 3 is 2.27 bits per heavy atom. The van der Waals surface area contributed by atoms with Crippen molar-refractivity contribution in [2.45, 2.75) is 38.8 Å². The molecule has 4 nitrogen and oxygen atoms in total. The van der Waals surface area contributed by atoms with Gasteiger partial charge in [0.15, 0.2) is 5.78 Å². The van der Waals surface area contributed by atoms with E-state index in [1.165, 1.54) is 12.5 Å². The molecule has 5 heteroatoms. The SMILES string of the molecule is CCc1ccc([C@@H](NCC(=O)N[C@H](Cc2ccccc2)C(C)=O)c2cccs2)cc1. The number of carbonyl (C=O) groups excluding carboxylic acids is 2. The van der Waals surface area contributed by atoms with E-state index in [0.717, 1.165) is 22.4 Å². The lowest BCUT2D eigenvalue weighted by atomic mass is 10.0. The van der Waals surface area contributed by atoms with E-state index in [1.807, 2.05) is 41.8 Å². The van der Waals surface area contributed by atoms with Crippen molar-refractivity contribution in [2.75, 3.05) is 6.54 Å². The number of hydrogen-bond acceptors (Lipinski definition) is 4. The summed E-state index contributed by atoms with van der Waals surface area (Å²) in [7, 11) is 0. The van der Waals surface area contributed by atoms with Crippen molar-refractivity contribution in [1.29, 1.82) is 0 Å². The second-order valence-electron chi connectivity index (χ2n) is 7.34. The minimum absolute atomic E-state index is 0.0443. The molecule has 0 fully saturated rings. The molecule has 2 aromatic carbocycles. The molecule has 30 heavy (non-hydrogen) atoms. The van der Waals surface area contributed by atoms with Gasteiger partial charge < -0.3 is 5.32 Å². The van der Waals surface area contributed by atoms with Crippen LogP contribution < -0.4 is 10.6 Å². The number of benzene rings is 2. The zero-order chi connectivity index (χ0) is 21.3. The highest BCUT2D eigenvalue weighted by Crippen LogP contribution is 2.26. The molecule has 1 amide bonds. The number of rotatable bonds is 10. The third-order valence-corrected chi connectivity index (χ3v) is 6.06. The maximum absolute atomic E-state index is 12.6. The van der Waals surface area contributed by atoms with Crippen molar-refractivity contribution in [3.8, 4) is 0 Å². The summed E-state index contributed by atoms with van der Waals surface area (Å²) < 4.78 is 0. The molecule has 0 saturated heterocycles. The van der Waals surface area contributed by atoms with E-state index in [9.17, 15) is 9.59 Å². The van der Waals surface area contributed by atoms with Gasteiger partial charge in [0, 0.05) is 4.88 Å². The highest BCUT2D eigenvalue weighted by molar-refractivity contribution is 7.10. The maximum atomic E-state index is 12.6. The van der Waals surface area contributed by atoms with Crippen LogP contribution in [0, 0.1) is 0 Å². The molecule has 3 rings (SSSR count). The summed E-state index contributed by atoms with van der Waals surface area (Å²) in [6.07, 6.45) is 1.49. The summed E-state index contributed by atoms with van der Waals surface area (Å²) in [6.45, 7) is 3.79. The zero-order valence-corrected chi connectivity index (χ0v) is 18.2. The molecule has 0 unspecified atom stereocenters. The number of nitrogens with one attached hydrogen (secondary N) is 2. The van der Waals surface area contributed by atoms with Gasteiger partial charge in [-0.15, -0.1) is 11.3 Å². The minimum atomic E-state index is -0.522. The fourth-order valence-electron chi connectivity index (χ4n) is 3.37. The Morgan fingerprint density at radius 2 is 1.67 bits per heavy atom. The number of thiophene rings is 1. The summed E-state index contributed by atoms with van der Waals surface area (Å²) in [6, 6.07) is 21.7. The fraction of sp³-hybridized carbons (Fsp3) is 0.280. The van der Waals surface area contributed by atoms with Crippen LogP contribution in [0.3, 0.4) is 0 Å². The average Bonchev–Trinajstić information content (AvgIpc) is 3.29. The van der Waals surface area contributed by atoms with Crippen molar-refractivity contribution in [1.82, 2.24) is 10.6 Å². The van der Waals surface area contributed by atoms with Gasteiger partial charge in [-0.2, -0.15) is 0 Å². The van der Waals surface area contributed by atoms with E-state index in [2.05, 4.69) is 47.9 Å². The minimum Gasteiger partial charge on any atom is -0.345 e. The van der Waals surface area contributed by atoms with E-state index in [1.54, 1.807) is 11.3 Å². The Labute approximate surface area is 182 Å². The van der Waals surface area contributed by atoms with Crippen molar-refractivity contribution >= 4 is 23.0 Å². The van der Waals surface area contributed by atoms with E-state index >= 15 is 0 Å². The number of hydrogen-bond donors (Lipinski definition) is 2.